The Kier molecular flexibility index (Phi) is 3.79. The summed E-state index contributed by atoms with van der Waals surface area (Å²) in [4.78, 5) is 21.3. The van der Waals surface area contributed by atoms with Crippen LogP contribution in [0.5, 0.6) is 0 Å². The third kappa shape index (κ3) is 2.68. The van der Waals surface area contributed by atoms with Crippen LogP contribution in [0.1, 0.15) is 6.42 Å². The zero-order valence-corrected chi connectivity index (χ0v) is 6.26. The molecule has 0 aliphatic rings. The van der Waals surface area contributed by atoms with Crippen molar-refractivity contribution in [2.45, 2.75) is 6.42 Å². The molecule has 58 valence electrons. The summed E-state index contributed by atoms with van der Waals surface area (Å²) in [5, 5.41) is 8.24. The Morgan fingerprint density at radius 2 is 2.10 bits per heavy atom. The van der Waals surface area contributed by atoms with Crippen LogP contribution in [0.3, 0.4) is 0 Å². The molecule has 0 aliphatic carbocycles. The summed E-state index contributed by atoms with van der Waals surface area (Å²) in [6, 6.07) is 0. The van der Waals surface area contributed by atoms with Crippen molar-refractivity contribution in [3.8, 4) is 0 Å². The average molecular weight is 166 g/mol. The number of hydrogen-bond acceptors (Lipinski definition) is 2. The molecule has 0 radical (unpaired) electrons. The minimum atomic E-state index is -1.25. The molecule has 0 aromatic rings. The van der Waals surface area contributed by atoms with Gasteiger partial charge in [0.25, 0.3) is 0 Å². The van der Waals surface area contributed by atoms with E-state index in [0.29, 0.717) is 4.90 Å². The first kappa shape index (κ1) is 9.23. The Morgan fingerprint density at radius 3 is 2.40 bits per heavy atom. The highest BCUT2D eigenvalue weighted by Gasteiger charge is 2.13. The lowest BCUT2D eigenvalue weighted by Gasteiger charge is -2.08. The number of imide groups is 1. The van der Waals surface area contributed by atoms with Gasteiger partial charge in [-0.15, -0.1) is 11.6 Å². The lowest BCUT2D eigenvalue weighted by molar-refractivity contribution is -0.127. The number of carbonyl (C=O) groups excluding carboxylic acids is 1. The molecule has 0 atom stereocenters. The highest BCUT2D eigenvalue weighted by Crippen LogP contribution is 1.92. The van der Waals surface area contributed by atoms with Crippen molar-refractivity contribution in [2.24, 2.45) is 0 Å². The summed E-state index contributed by atoms with van der Waals surface area (Å²) in [7, 11) is 1.19. The first-order valence-corrected chi connectivity index (χ1v) is 3.18. The predicted octanol–water partition coefficient (Wildman–Crippen LogP) is 0.752. The van der Waals surface area contributed by atoms with Gasteiger partial charge in [0.1, 0.15) is 0 Å². The number of amides is 2. The van der Waals surface area contributed by atoms with E-state index in [0.717, 1.165) is 0 Å². The van der Waals surface area contributed by atoms with Gasteiger partial charge in [0.05, 0.1) is 0 Å². The maximum Gasteiger partial charge on any atom is 0.413 e. The standard InChI is InChI=1S/C5H8ClNO3/c1-7(5(9)10)4(8)2-3-6/h2-3H2,1H3,(H,9,10). The van der Waals surface area contributed by atoms with Crippen molar-refractivity contribution >= 4 is 23.6 Å². The minimum absolute atomic E-state index is 0.0599. The summed E-state index contributed by atoms with van der Waals surface area (Å²) in [5.41, 5.74) is 0. The highest BCUT2D eigenvalue weighted by atomic mass is 35.5. The van der Waals surface area contributed by atoms with E-state index in [9.17, 15) is 9.59 Å². The number of nitrogens with zero attached hydrogens (tertiary/aromatic N) is 1. The molecule has 0 aromatic carbocycles. The SMILES string of the molecule is CN(C(=O)O)C(=O)CCCl. The van der Waals surface area contributed by atoms with Crippen molar-refractivity contribution in [1.29, 1.82) is 0 Å². The van der Waals surface area contributed by atoms with Crippen molar-refractivity contribution in [2.75, 3.05) is 12.9 Å². The van der Waals surface area contributed by atoms with Gasteiger partial charge in [-0.1, -0.05) is 0 Å². The van der Waals surface area contributed by atoms with E-state index < -0.39 is 12.0 Å². The maximum absolute atomic E-state index is 10.6. The van der Waals surface area contributed by atoms with E-state index in [1.165, 1.54) is 7.05 Å². The van der Waals surface area contributed by atoms with Crippen molar-refractivity contribution in [3.05, 3.63) is 0 Å². The van der Waals surface area contributed by atoms with Crippen molar-refractivity contribution < 1.29 is 14.7 Å². The second kappa shape index (κ2) is 4.11. The fraction of sp³-hybridized carbons (Fsp3) is 0.600. The molecule has 10 heavy (non-hydrogen) atoms. The van der Waals surface area contributed by atoms with E-state index in [1.807, 2.05) is 0 Å². The van der Waals surface area contributed by atoms with Gasteiger partial charge < -0.3 is 5.11 Å². The predicted molar refractivity (Wildman–Crippen MR) is 36.1 cm³/mol. The number of hydrogen-bond donors (Lipinski definition) is 1. The lowest BCUT2D eigenvalue weighted by Crippen LogP contribution is -2.31. The van der Waals surface area contributed by atoms with Gasteiger partial charge in [0.15, 0.2) is 0 Å². The quantitative estimate of drug-likeness (QED) is 0.615. The fourth-order valence-corrected chi connectivity index (χ4v) is 0.517. The van der Waals surface area contributed by atoms with Crippen LogP contribution in [0.4, 0.5) is 4.79 Å². The third-order valence-electron chi connectivity index (χ3n) is 0.969. The molecule has 0 bridgehead atoms. The third-order valence-corrected chi connectivity index (χ3v) is 1.16. The second-order valence-electron chi connectivity index (χ2n) is 1.67. The van der Waals surface area contributed by atoms with Gasteiger partial charge in [-0.25, -0.2) is 4.79 Å². The van der Waals surface area contributed by atoms with Crippen molar-refractivity contribution in [1.82, 2.24) is 4.90 Å². The van der Waals surface area contributed by atoms with Gasteiger partial charge >= 0.3 is 6.09 Å². The van der Waals surface area contributed by atoms with Gasteiger partial charge in [0, 0.05) is 19.3 Å². The largest absolute Gasteiger partial charge is 0.465 e. The van der Waals surface area contributed by atoms with Crippen LogP contribution in [-0.4, -0.2) is 34.9 Å². The molecule has 5 heteroatoms. The summed E-state index contributed by atoms with van der Waals surface area (Å²) in [6.45, 7) is 0. The van der Waals surface area contributed by atoms with Gasteiger partial charge in [0.2, 0.25) is 5.91 Å². The van der Waals surface area contributed by atoms with Crippen LogP contribution < -0.4 is 0 Å². The topological polar surface area (TPSA) is 57.6 Å². The molecule has 0 aliphatic heterocycles. The molecule has 4 nitrogen and oxygen atoms in total. The molecule has 0 saturated carbocycles. The fourth-order valence-electron chi connectivity index (χ4n) is 0.355. The zero-order chi connectivity index (χ0) is 8.15. The zero-order valence-electron chi connectivity index (χ0n) is 5.50. The molecule has 0 aromatic heterocycles. The van der Waals surface area contributed by atoms with Crippen LogP contribution in [-0.2, 0) is 4.79 Å². The van der Waals surface area contributed by atoms with Gasteiger partial charge in [-0.2, -0.15) is 0 Å². The number of carboxylic acid groups (broad SMARTS) is 1. The lowest BCUT2D eigenvalue weighted by atomic mass is 10.4. The molecule has 0 heterocycles. The van der Waals surface area contributed by atoms with E-state index in [4.69, 9.17) is 16.7 Å². The molecule has 2 amide bonds. The minimum Gasteiger partial charge on any atom is -0.465 e. The Hall–Kier alpha value is -0.770. The Bertz CT molecular complexity index is 148. The maximum atomic E-state index is 10.6. The number of rotatable bonds is 2. The molecule has 0 fully saturated rings. The summed E-state index contributed by atoms with van der Waals surface area (Å²) in [5.74, 6) is -0.335. The van der Waals surface area contributed by atoms with Gasteiger partial charge in [-0.3, -0.25) is 9.69 Å². The summed E-state index contributed by atoms with van der Waals surface area (Å²) >= 11 is 5.20. The van der Waals surface area contributed by atoms with Crippen LogP contribution in [0.25, 0.3) is 0 Å². The monoisotopic (exact) mass is 165 g/mol. The van der Waals surface area contributed by atoms with Crippen molar-refractivity contribution in [3.63, 3.8) is 0 Å². The first-order chi connectivity index (χ1) is 4.59. The Labute approximate surface area is 63.4 Å². The molecular weight excluding hydrogens is 158 g/mol. The van der Waals surface area contributed by atoms with Crippen LogP contribution >= 0.6 is 11.6 Å². The molecular formula is C5H8ClNO3. The van der Waals surface area contributed by atoms with E-state index >= 15 is 0 Å². The average Bonchev–Trinajstić information content (AvgIpc) is 1.87. The van der Waals surface area contributed by atoms with E-state index in [2.05, 4.69) is 0 Å². The van der Waals surface area contributed by atoms with Crippen LogP contribution in [0.2, 0.25) is 0 Å². The molecule has 0 unspecified atom stereocenters. The first-order valence-electron chi connectivity index (χ1n) is 2.65. The highest BCUT2D eigenvalue weighted by molar-refractivity contribution is 6.19. The second-order valence-corrected chi connectivity index (χ2v) is 2.05. The van der Waals surface area contributed by atoms with Crippen LogP contribution in [0.15, 0.2) is 0 Å². The summed E-state index contributed by atoms with van der Waals surface area (Å²) in [6.07, 6.45) is -1.19. The molecule has 0 rings (SSSR count). The Balaban J connectivity index is 3.82. The molecule has 0 saturated heterocycles. The molecule has 1 N–H and O–H groups in total. The van der Waals surface area contributed by atoms with Crippen LogP contribution in [0, 0.1) is 0 Å². The summed E-state index contributed by atoms with van der Waals surface area (Å²) < 4.78 is 0. The normalized spacial score (nSPS) is 9.00. The van der Waals surface area contributed by atoms with E-state index in [-0.39, 0.29) is 12.3 Å². The van der Waals surface area contributed by atoms with Gasteiger partial charge in [-0.05, 0) is 0 Å². The number of alkyl halides is 1. The molecule has 0 spiro atoms. The number of carbonyl (C=O) groups is 2. The number of halogens is 1. The van der Waals surface area contributed by atoms with E-state index in [1.54, 1.807) is 0 Å². The Morgan fingerprint density at radius 1 is 1.60 bits per heavy atom. The smallest absolute Gasteiger partial charge is 0.413 e.